The van der Waals surface area contributed by atoms with E-state index in [0.29, 0.717) is 18.8 Å². The SMILES string of the molecule is CC(=O)C(CC(=O)CC(C)C)c1ccccc1. The van der Waals surface area contributed by atoms with Gasteiger partial charge >= 0.3 is 0 Å². The third kappa shape index (κ3) is 4.51. The Morgan fingerprint density at radius 2 is 1.65 bits per heavy atom. The van der Waals surface area contributed by atoms with Crippen LogP contribution in [0, 0.1) is 5.92 Å². The number of ketones is 2. The van der Waals surface area contributed by atoms with Gasteiger partial charge in [-0.05, 0) is 18.4 Å². The highest BCUT2D eigenvalue weighted by Gasteiger charge is 2.20. The van der Waals surface area contributed by atoms with Crippen molar-refractivity contribution in [1.82, 2.24) is 0 Å². The zero-order valence-corrected chi connectivity index (χ0v) is 10.8. The number of Topliss-reactive ketones (excluding diaryl/α,β-unsaturated/α-hetero) is 2. The molecule has 1 aromatic carbocycles. The van der Waals surface area contributed by atoms with E-state index in [9.17, 15) is 9.59 Å². The van der Waals surface area contributed by atoms with Crippen LogP contribution in [-0.4, -0.2) is 11.6 Å². The van der Waals surface area contributed by atoms with Crippen LogP contribution in [0.15, 0.2) is 30.3 Å². The molecule has 2 nitrogen and oxygen atoms in total. The van der Waals surface area contributed by atoms with E-state index in [4.69, 9.17) is 0 Å². The van der Waals surface area contributed by atoms with E-state index in [1.54, 1.807) is 6.92 Å². The zero-order valence-electron chi connectivity index (χ0n) is 10.8. The molecule has 0 saturated heterocycles. The van der Waals surface area contributed by atoms with E-state index < -0.39 is 0 Å². The Morgan fingerprint density at radius 3 is 2.12 bits per heavy atom. The highest BCUT2D eigenvalue weighted by Crippen LogP contribution is 2.22. The largest absolute Gasteiger partial charge is 0.300 e. The van der Waals surface area contributed by atoms with Gasteiger partial charge in [0.1, 0.15) is 11.6 Å². The summed E-state index contributed by atoms with van der Waals surface area (Å²) in [6.45, 7) is 5.59. The first kappa shape index (κ1) is 13.6. The smallest absolute Gasteiger partial charge is 0.137 e. The molecule has 92 valence electrons. The number of carbonyl (C=O) groups is 2. The number of rotatable bonds is 6. The molecule has 0 radical (unpaired) electrons. The molecule has 0 saturated carbocycles. The Morgan fingerprint density at radius 1 is 1.06 bits per heavy atom. The van der Waals surface area contributed by atoms with E-state index >= 15 is 0 Å². The lowest BCUT2D eigenvalue weighted by Gasteiger charge is -2.14. The summed E-state index contributed by atoms with van der Waals surface area (Å²) in [4.78, 5) is 23.4. The second-order valence-corrected chi connectivity index (χ2v) is 4.91. The summed E-state index contributed by atoms with van der Waals surface area (Å²) >= 11 is 0. The molecule has 1 atom stereocenters. The third-order valence-corrected chi connectivity index (χ3v) is 2.76. The first-order valence-electron chi connectivity index (χ1n) is 6.07. The van der Waals surface area contributed by atoms with E-state index in [1.807, 2.05) is 44.2 Å². The Kier molecular flexibility index (Phi) is 5.08. The summed E-state index contributed by atoms with van der Waals surface area (Å²) in [5.41, 5.74) is 0.942. The van der Waals surface area contributed by atoms with Crippen molar-refractivity contribution < 1.29 is 9.59 Å². The quantitative estimate of drug-likeness (QED) is 0.753. The minimum Gasteiger partial charge on any atom is -0.300 e. The van der Waals surface area contributed by atoms with E-state index in [-0.39, 0.29) is 17.5 Å². The molecule has 0 aliphatic heterocycles. The van der Waals surface area contributed by atoms with Crippen molar-refractivity contribution >= 4 is 11.6 Å². The summed E-state index contributed by atoms with van der Waals surface area (Å²) in [5.74, 6) is 0.311. The Bertz CT molecular complexity index is 379. The second kappa shape index (κ2) is 6.33. The Balaban J connectivity index is 2.75. The van der Waals surface area contributed by atoms with Crippen molar-refractivity contribution in [3.63, 3.8) is 0 Å². The molecule has 1 aromatic rings. The van der Waals surface area contributed by atoms with Crippen LogP contribution in [0.3, 0.4) is 0 Å². The van der Waals surface area contributed by atoms with Crippen LogP contribution in [0.2, 0.25) is 0 Å². The highest BCUT2D eigenvalue weighted by atomic mass is 16.1. The fourth-order valence-corrected chi connectivity index (χ4v) is 1.95. The van der Waals surface area contributed by atoms with Gasteiger partial charge in [0.25, 0.3) is 0 Å². The average molecular weight is 232 g/mol. The van der Waals surface area contributed by atoms with E-state index in [0.717, 1.165) is 5.56 Å². The van der Waals surface area contributed by atoms with Crippen LogP contribution in [0.1, 0.15) is 45.1 Å². The van der Waals surface area contributed by atoms with Crippen LogP contribution in [0.25, 0.3) is 0 Å². The molecule has 0 fully saturated rings. The van der Waals surface area contributed by atoms with Crippen molar-refractivity contribution in [3.8, 4) is 0 Å². The Hall–Kier alpha value is -1.44. The molecular weight excluding hydrogens is 212 g/mol. The monoisotopic (exact) mass is 232 g/mol. The molecular formula is C15H20O2. The molecule has 0 N–H and O–H groups in total. The molecule has 1 rings (SSSR count). The van der Waals surface area contributed by atoms with Crippen LogP contribution < -0.4 is 0 Å². The third-order valence-electron chi connectivity index (χ3n) is 2.76. The fraction of sp³-hybridized carbons (Fsp3) is 0.467. The number of hydrogen-bond acceptors (Lipinski definition) is 2. The van der Waals surface area contributed by atoms with Gasteiger partial charge in [-0.3, -0.25) is 9.59 Å². The van der Waals surface area contributed by atoms with Gasteiger partial charge in [0, 0.05) is 18.8 Å². The number of hydrogen-bond donors (Lipinski definition) is 0. The minimum absolute atomic E-state index is 0.0632. The van der Waals surface area contributed by atoms with Gasteiger partial charge in [0.05, 0.1) is 0 Å². The van der Waals surface area contributed by atoms with Crippen LogP contribution in [0.4, 0.5) is 0 Å². The molecule has 0 amide bonds. The van der Waals surface area contributed by atoms with Crippen LogP contribution >= 0.6 is 0 Å². The first-order valence-corrected chi connectivity index (χ1v) is 6.07. The maximum absolute atomic E-state index is 11.8. The highest BCUT2D eigenvalue weighted by molar-refractivity contribution is 5.90. The van der Waals surface area contributed by atoms with Crippen molar-refractivity contribution in [2.24, 2.45) is 5.92 Å². The predicted molar refractivity (Wildman–Crippen MR) is 68.9 cm³/mol. The van der Waals surface area contributed by atoms with Gasteiger partial charge in [-0.1, -0.05) is 44.2 Å². The average Bonchev–Trinajstić information content (AvgIpc) is 2.25. The molecule has 2 heteroatoms. The normalized spacial score (nSPS) is 12.5. The lowest BCUT2D eigenvalue weighted by Crippen LogP contribution is -2.15. The van der Waals surface area contributed by atoms with Crippen LogP contribution in [-0.2, 0) is 9.59 Å². The summed E-state index contributed by atoms with van der Waals surface area (Å²) in [5, 5.41) is 0. The summed E-state index contributed by atoms with van der Waals surface area (Å²) in [6.07, 6.45) is 0.883. The van der Waals surface area contributed by atoms with Crippen molar-refractivity contribution in [3.05, 3.63) is 35.9 Å². The molecule has 1 unspecified atom stereocenters. The molecule has 17 heavy (non-hydrogen) atoms. The first-order chi connectivity index (χ1) is 8.00. The zero-order chi connectivity index (χ0) is 12.8. The van der Waals surface area contributed by atoms with Gasteiger partial charge in [-0.25, -0.2) is 0 Å². The topological polar surface area (TPSA) is 34.1 Å². The van der Waals surface area contributed by atoms with Crippen LogP contribution in [0.5, 0.6) is 0 Å². The number of benzene rings is 1. The van der Waals surface area contributed by atoms with Gasteiger partial charge in [0.15, 0.2) is 0 Å². The lowest BCUT2D eigenvalue weighted by molar-refractivity contribution is -0.125. The van der Waals surface area contributed by atoms with Gasteiger partial charge in [-0.15, -0.1) is 0 Å². The maximum atomic E-state index is 11.8. The second-order valence-electron chi connectivity index (χ2n) is 4.91. The minimum atomic E-state index is -0.276. The summed E-state index contributed by atoms with van der Waals surface area (Å²) < 4.78 is 0. The van der Waals surface area contributed by atoms with E-state index in [2.05, 4.69) is 0 Å². The van der Waals surface area contributed by atoms with Gasteiger partial charge < -0.3 is 0 Å². The maximum Gasteiger partial charge on any atom is 0.137 e. The Labute approximate surface area is 103 Å². The standard InChI is InChI=1S/C15H20O2/c1-11(2)9-14(17)10-15(12(3)16)13-7-5-4-6-8-13/h4-8,11,15H,9-10H2,1-3H3. The van der Waals surface area contributed by atoms with Gasteiger partial charge in [0.2, 0.25) is 0 Å². The number of carbonyl (C=O) groups excluding carboxylic acids is 2. The summed E-state index contributed by atoms with van der Waals surface area (Å²) in [6, 6.07) is 9.54. The lowest BCUT2D eigenvalue weighted by atomic mass is 9.88. The fourth-order valence-electron chi connectivity index (χ4n) is 1.95. The molecule has 0 spiro atoms. The van der Waals surface area contributed by atoms with Crippen molar-refractivity contribution in [2.75, 3.05) is 0 Å². The van der Waals surface area contributed by atoms with Crippen molar-refractivity contribution in [1.29, 1.82) is 0 Å². The van der Waals surface area contributed by atoms with E-state index in [1.165, 1.54) is 0 Å². The molecule has 0 aliphatic carbocycles. The molecule has 0 bridgehead atoms. The molecule has 0 heterocycles. The van der Waals surface area contributed by atoms with Gasteiger partial charge in [-0.2, -0.15) is 0 Å². The predicted octanol–water partition coefficient (Wildman–Crippen LogP) is 3.36. The molecule has 0 aromatic heterocycles. The van der Waals surface area contributed by atoms with Crippen molar-refractivity contribution in [2.45, 2.75) is 39.5 Å². The summed E-state index contributed by atoms with van der Waals surface area (Å²) in [7, 11) is 0. The molecule has 0 aliphatic rings.